The topological polar surface area (TPSA) is 26.3 Å². The summed E-state index contributed by atoms with van der Waals surface area (Å²) in [5.74, 6) is 3.44. The fraction of sp³-hybridized carbons (Fsp3) is 0.900. The van der Waals surface area contributed by atoms with Crippen LogP contribution in [0, 0.1) is 29.6 Å². The minimum absolute atomic E-state index is 0.131. The van der Waals surface area contributed by atoms with Gasteiger partial charge in [0.05, 0.1) is 9.84 Å². The van der Waals surface area contributed by atoms with Crippen molar-refractivity contribution < 1.29 is 9.53 Å². The summed E-state index contributed by atoms with van der Waals surface area (Å²) >= 11 is 2.52. The van der Waals surface area contributed by atoms with E-state index in [-0.39, 0.29) is 5.97 Å². The van der Waals surface area contributed by atoms with Gasteiger partial charge in [0.25, 0.3) is 0 Å². The zero-order valence-electron chi connectivity index (χ0n) is 7.15. The lowest BCUT2D eigenvalue weighted by molar-refractivity contribution is -0.143. The first-order valence-corrected chi connectivity index (χ1v) is 6.38. The van der Waals surface area contributed by atoms with Crippen molar-refractivity contribution in [1.82, 2.24) is 0 Å². The van der Waals surface area contributed by atoms with E-state index in [1.54, 1.807) is 0 Å². The molecule has 0 aromatic carbocycles. The van der Waals surface area contributed by atoms with Crippen LogP contribution in [0.5, 0.6) is 0 Å². The normalized spacial score (nSPS) is 66.2. The van der Waals surface area contributed by atoms with Crippen LogP contribution in [0.1, 0.15) is 12.8 Å². The Labute approximate surface area is 90.5 Å². The molecular weight excluding hydrogens is 279 g/mol. The van der Waals surface area contributed by atoms with E-state index in [4.69, 9.17) is 4.74 Å². The third-order valence-electron chi connectivity index (χ3n) is 4.78. The zero-order valence-corrected chi connectivity index (χ0v) is 9.31. The van der Waals surface area contributed by atoms with Gasteiger partial charge < -0.3 is 4.74 Å². The molecule has 1 aliphatic heterocycles. The van der Waals surface area contributed by atoms with Crippen molar-refractivity contribution in [2.75, 3.05) is 0 Å². The highest BCUT2D eigenvalue weighted by atomic mass is 127. The average Bonchev–Trinajstić information content (AvgIpc) is 2.75. The zero-order chi connectivity index (χ0) is 8.74. The molecule has 0 amide bonds. The fourth-order valence-corrected chi connectivity index (χ4v) is 6.24. The number of rotatable bonds is 0. The molecule has 2 nitrogen and oxygen atoms in total. The Hall–Kier alpha value is 0.200. The Morgan fingerprint density at radius 2 is 2.00 bits per heavy atom. The Kier molecular flexibility index (Phi) is 1.19. The molecule has 0 aromatic rings. The number of carbonyl (C=O) groups is 1. The summed E-state index contributed by atoms with van der Waals surface area (Å²) in [7, 11) is 0. The second kappa shape index (κ2) is 2.07. The van der Waals surface area contributed by atoms with Crippen molar-refractivity contribution in [3.05, 3.63) is 0 Å². The number of alkyl halides is 1. The van der Waals surface area contributed by atoms with Crippen LogP contribution in [-0.2, 0) is 9.53 Å². The first-order valence-electron chi connectivity index (χ1n) is 5.13. The summed E-state index contributed by atoms with van der Waals surface area (Å²) in [5.41, 5.74) is 0. The molecule has 1 saturated heterocycles. The summed E-state index contributed by atoms with van der Waals surface area (Å²) in [5, 5.41) is 0. The number of fused-ring (bicyclic) bond motifs is 1. The molecule has 7 atom stereocenters. The molecule has 13 heavy (non-hydrogen) atoms. The summed E-state index contributed by atoms with van der Waals surface area (Å²) < 4.78 is 6.11. The Balaban J connectivity index is 1.91. The van der Waals surface area contributed by atoms with E-state index in [1.165, 1.54) is 12.8 Å². The second-order valence-electron chi connectivity index (χ2n) is 4.93. The minimum atomic E-state index is 0.131. The number of esters is 1. The van der Waals surface area contributed by atoms with E-state index in [9.17, 15) is 4.79 Å². The molecule has 4 rings (SSSR count). The lowest BCUT2D eigenvalue weighted by Crippen LogP contribution is -2.33. The van der Waals surface area contributed by atoms with Crippen molar-refractivity contribution in [3.8, 4) is 0 Å². The van der Waals surface area contributed by atoms with Crippen LogP contribution in [0.25, 0.3) is 0 Å². The van der Waals surface area contributed by atoms with E-state index in [0.29, 0.717) is 27.8 Å². The Morgan fingerprint density at radius 1 is 1.23 bits per heavy atom. The van der Waals surface area contributed by atoms with Crippen LogP contribution in [0.15, 0.2) is 0 Å². The van der Waals surface area contributed by atoms with E-state index in [0.717, 1.165) is 11.8 Å². The molecule has 3 aliphatic carbocycles. The number of hydrogen-bond donors (Lipinski definition) is 0. The molecule has 4 aliphatic rings. The smallest absolute Gasteiger partial charge is 0.309 e. The van der Waals surface area contributed by atoms with Gasteiger partial charge in [0.1, 0.15) is 6.10 Å². The maximum Gasteiger partial charge on any atom is 0.309 e. The lowest BCUT2D eigenvalue weighted by Gasteiger charge is -2.27. The largest absolute Gasteiger partial charge is 0.461 e. The van der Waals surface area contributed by atoms with Crippen LogP contribution >= 0.6 is 22.6 Å². The van der Waals surface area contributed by atoms with Gasteiger partial charge in [0.2, 0.25) is 0 Å². The predicted octanol–water partition coefficient (Wildman–Crippen LogP) is 1.62. The maximum absolute atomic E-state index is 11.6. The van der Waals surface area contributed by atoms with Crippen molar-refractivity contribution in [3.63, 3.8) is 0 Å². The number of hydrogen-bond acceptors (Lipinski definition) is 2. The molecule has 3 saturated carbocycles. The highest BCUT2D eigenvalue weighted by Crippen LogP contribution is 2.69. The summed E-state index contributed by atoms with van der Waals surface area (Å²) in [6, 6.07) is 0. The van der Waals surface area contributed by atoms with Gasteiger partial charge in [-0.2, -0.15) is 0 Å². The first kappa shape index (κ1) is 7.49. The van der Waals surface area contributed by atoms with Crippen LogP contribution in [0.3, 0.4) is 0 Å². The third-order valence-corrected chi connectivity index (χ3v) is 6.32. The number of carbonyl (C=O) groups excluding carboxylic acids is 1. The van der Waals surface area contributed by atoms with E-state index < -0.39 is 0 Å². The molecule has 0 spiro atoms. The van der Waals surface area contributed by atoms with Crippen molar-refractivity contribution >= 4 is 28.6 Å². The summed E-state index contributed by atoms with van der Waals surface area (Å²) in [6.07, 6.45) is 2.95. The molecule has 0 radical (unpaired) electrons. The monoisotopic (exact) mass is 290 g/mol. The Bertz CT molecular complexity index is 303. The van der Waals surface area contributed by atoms with Gasteiger partial charge in [0.15, 0.2) is 0 Å². The number of ether oxygens (including phenoxy) is 1. The summed E-state index contributed by atoms with van der Waals surface area (Å²) in [6.45, 7) is 0. The minimum Gasteiger partial charge on any atom is -0.461 e. The van der Waals surface area contributed by atoms with Gasteiger partial charge in [0, 0.05) is 5.92 Å². The fourth-order valence-electron chi connectivity index (χ4n) is 4.55. The van der Waals surface area contributed by atoms with Crippen LogP contribution in [-0.4, -0.2) is 16.0 Å². The van der Waals surface area contributed by atoms with Crippen molar-refractivity contribution in [1.29, 1.82) is 0 Å². The van der Waals surface area contributed by atoms with E-state index in [1.807, 2.05) is 0 Å². The first-order chi connectivity index (χ1) is 6.29. The van der Waals surface area contributed by atoms with Gasteiger partial charge in [-0.1, -0.05) is 22.6 Å². The third kappa shape index (κ3) is 0.621. The maximum atomic E-state index is 11.6. The van der Waals surface area contributed by atoms with Crippen LogP contribution in [0.2, 0.25) is 0 Å². The van der Waals surface area contributed by atoms with Crippen molar-refractivity contribution in [2.24, 2.45) is 29.6 Å². The Morgan fingerprint density at radius 3 is 2.77 bits per heavy atom. The van der Waals surface area contributed by atoms with E-state index in [2.05, 4.69) is 22.6 Å². The quantitative estimate of drug-likeness (QED) is 0.385. The molecule has 4 bridgehead atoms. The molecular formula is C10H11IO2. The molecule has 70 valence electrons. The van der Waals surface area contributed by atoms with Gasteiger partial charge in [-0.25, -0.2) is 0 Å². The molecule has 3 heteroatoms. The standard InChI is InChI=1S/C10H11IO2/c11-8-5-3-1-2-4(5)7-6(3)9(8)13-10(7)12/h3-9H,1-2H2/t3-,4-,5+,6-,7-,8-,9+/m1/s1. The van der Waals surface area contributed by atoms with Crippen LogP contribution in [0.4, 0.5) is 0 Å². The molecule has 0 aromatic heterocycles. The van der Waals surface area contributed by atoms with Crippen molar-refractivity contribution in [2.45, 2.75) is 22.9 Å². The highest BCUT2D eigenvalue weighted by molar-refractivity contribution is 14.1. The van der Waals surface area contributed by atoms with Gasteiger partial charge >= 0.3 is 5.97 Å². The average molecular weight is 290 g/mol. The van der Waals surface area contributed by atoms with Gasteiger partial charge in [-0.15, -0.1) is 0 Å². The van der Waals surface area contributed by atoms with E-state index >= 15 is 0 Å². The van der Waals surface area contributed by atoms with Gasteiger partial charge in [-0.3, -0.25) is 4.79 Å². The molecule has 0 N–H and O–H groups in total. The highest BCUT2D eigenvalue weighted by Gasteiger charge is 2.72. The molecule has 1 heterocycles. The molecule has 4 fully saturated rings. The lowest BCUT2D eigenvalue weighted by atomic mass is 9.76. The van der Waals surface area contributed by atoms with Crippen LogP contribution < -0.4 is 0 Å². The SMILES string of the molecule is O=C1O[C@@H]2[C@H](I)[C@H]3[C@H]4CC[C@H]3[C@@H]1[C@@H]42. The predicted molar refractivity (Wildman–Crippen MR) is 54.4 cm³/mol. The summed E-state index contributed by atoms with van der Waals surface area (Å²) in [4.78, 5) is 11.6. The molecule has 0 unspecified atom stereocenters. The van der Waals surface area contributed by atoms with Gasteiger partial charge in [-0.05, 0) is 30.6 Å². The second-order valence-corrected chi connectivity index (χ2v) is 6.37. The number of halogens is 1.